The summed E-state index contributed by atoms with van der Waals surface area (Å²) in [6.07, 6.45) is 0.778. The van der Waals surface area contributed by atoms with E-state index in [1.165, 1.54) is 0 Å². The Kier molecular flexibility index (Phi) is 5.14. The molecule has 0 bridgehead atoms. The van der Waals surface area contributed by atoms with E-state index in [-0.39, 0.29) is 6.61 Å². The number of rotatable bonds is 7. The Labute approximate surface area is 146 Å². The summed E-state index contributed by atoms with van der Waals surface area (Å²) in [6.45, 7) is 4.48. The van der Waals surface area contributed by atoms with Gasteiger partial charge in [0.2, 0.25) is 5.89 Å². The molecule has 0 spiro atoms. The quantitative estimate of drug-likeness (QED) is 0.596. The van der Waals surface area contributed by atoms with Crippen molar-refractivity contribution >= 4 is 6.29 Å². The van der Waals surface area contributed by atoms with E-state index in [0.717, 1.165) is 17.5 Å². The minimum Gasteiger partial charge on any atom is -0.490 e. The predicted molar refractivity (Wildman–Crippen MR) is 94.0 cm³/mol. The number of benzene rings is 2. The molecule has 0 fully saturated rings. The molecule has 0 saturated heterocycles. The van der Waals surface area contributed by atoms with Crippen molar-refractivity contribution in [3.63, 3.8) is 0 Å². The maximum absolute atomic E-state index is 10.9. The zero-order valence-electron chi connectivity index (χ0n) is 14.2. The largest absolute Gasteiger partial charge is 0.490 e. The van der Waals surface area contributed by atoms with Crippen molar-refractivity contribution in [2.24, 2.45) is 0 Å². The van der Waals surface area contributed by atoms with Crippen LogP contribution in [-0.2, 0) is 6.61 Å². The molecule has 1 heterocycles. The van der Waals surface area contributed by atoms with Crippen LogP contribution >= 0.6 is 0 Å². The predicted octanol–water partition coefficient (Wildman–Crippen LogP) is 4.44. The van der Waals surface area contributed by atoms with Gasteiger partial charge in [-0.2, -0.15) is 0 Å². The van der Waals surface area contributed by atoms with Gasteiger partial charge in [-0.25, -0.2) is 4.98 Å². The third kappa shape index (κ3) is 3.88. The summed E-state index contributed by atoms with van der Waals surface area (Å²) >= 11 is 0. The van der Waals surface area contributed by atoms with Gasteiger partial charge in [-0.05, 0) is 44.2 Å². The highest BCUT2D eigenvalue weighted by atomic mass is 16.5. The Bertz CT molecular complexity index is 855. The van der Waals surface area contributed by atoms with E-state index in [4.69, 9.17) is 13.9 Å². The Morgan fingerprint density at radius 3 is 2.60 bits per heavy atom. The molecule has 3 aromatic rings. The third-order valence-electron chi connectivity index (χ3n) is 3.68. The summed E-state index contributed by atoms with van der Waals surface area (Å²) in [4.78, 5) is 15.4. The highest BCUT2D eigenvalue weighted by Crippen LogP contribution is 2.29. The molecular weight excluding hydrogens is 318 g/mol. The smallest absolute Gasteiger partial charge is 0.226 e. The van der Waals surface area contributed by atoms with Crippen molar-refractivity contribution in [2.45, 2.75) is 20.5 Å². The van der Waals surface area contributed by atoms with Crippen molar-refractivity contribution in [3.8, 4) is 23.0 Å². The second kappa shape index (κ2) is 7.66. The van der Waals surface area contributed by atoms with Gasteiger partial charge in [0.25, 0.3) is 0 Å². The average molecular weight is 337 g/mol. The van der Waals surface area contributed by atoms with Crippen LogP contribution in [0.2, 0.25) is 0 Å². The van der Waals surface area contributed by atoms with Crippen LogP contribution in [0.5, 0.6) is 11.5 Å². The van der Waals surface area contributed by atoms with E-state index in [1.54, 1.807) is 18.2 Å². The minimum absolute atomic E-state index is 0.253. The molecule has 0 atom stereocenters. The maximum atomic E-state index is 10.9. The highest BCUT2D eigenvalue weighted by Gasteiger charge is 2.13. The van der Waals surface area contributed by atoms with E-state index in [9.17, 15) is 4.79 Å². The van der Waals surface area contributed by atoms with Crippen LogP contribution in [0.3, 0.4) is 0 Å². The second-order valence-electron chi connectivity index (χ2n) is 5.43. The normalized spacial score (nSPS) is 10.5. The standard InChI is InChI=1S/C20H19NO4/c1-3-23-19-11-15(12-22)9-10-18(19)24-13-17-14(2)25-20(21-17)16-7-5-4-6-8-16/h4-12H,3,13H2,1-2H3. The summed E-state index contributed by atoms with van der Waals surface area (Å²) in [5.41, 5.74) is 2.18. The molecule has 25 heavy (non-hydrogen) atoms. The summed E-state index contributed by atoms with van der Waals surface area (Å²) in [7, 11) is 0. The second-order valence-corrected chi connectivity index (χ2v) is 5.43. The Morgan fingerprint density at radius 2 is 1.88 bits per heavy atom. The van der Waals surface area contributed by atoms with E-state index in [2.05, 4.69) is 4.98 Å². The Balaban J connectivity index is 1.78. The number of carbonyl (C=O) groups excluding carboxylic acids is 1. The maximum Gasteiger partial charge on any atom is 0.226 e. The van der Waals surface area contributed by atoms with E-state index >= 15 is 0 Å². The van der Waals surface area contributed by atoms with Crippen molar-refractivity contribution in [2.75, 3.05) is 6.61 Å². The lowest BCUT2D eigenvalue weighted by molar-refractivity contribution is 0.112. The lowest BCUT2D eigenvalue weighted by atomic mass is 10.2. The molecule has 3 rings (SSSR count). The van der Waals surface area contributed by atoms with Crippen LogP contribution in [0.4, 0.5) is 0 Å². The van der Waals surface area contributed by atoms with Gasteiger partial charge in [-0.1, -0.05) is 18.2 Å². The number of ether oxygens (including phenoxy) is 2. The van der Waals surface area contributed by atoms with Gasteiger partial charge in [-0.3, -0.25) is 4.79 Å². The first-order valence-electron chi connectivity index (χ1n) is 8.07. The van der Waals surface area contributed by atoms with Gasteiger partial charge in [-0.15, -0.1) is 0 Å². The van der Waals surface area contributed by atoms with Crippen LogP contribution in [0.15, 0.2) is 52.9 Å². The van der Waals surface area contributed by atoms with Crippen LogP contribution < -0.4 is 9.47 Å². The molecule has 0 saturated carbocycles. The van der Waals surface area contributed by atoms with Gasteiger partial charge in [0.15, 0.2) is 11.5 Å². The van der Waals surface area contributed by atoms with Crippen molar-refractivity contribution < 1.29 is 18.7 Å². The number of aldehydes is 1. The Morgan fingerprint density at radius 1 is 1.08 bits per heavy atom. The molecule has 1 aromatic heterocycles. The fraction of sp³-hybridized carbons (Fsp3) is 0.200. The molecule has 0 aliphatic carbocycles. The van der Waals surface area contributed by atoms with Gasteiger partial charge >= 0.3 is 0 Å². The monoisotopic (exact) mass is 337 g/mol. The lowest BCUT2D eigenvalue weighted by Gasteiger charge is -2.11. The minimum atomic E-state index is 0.253. The molecule has 2 aromatic carbocycles. The van der Waals surface area contributed by atoms with Crippen molar-refractivity contribution in [1.29, 1.82) is 0 Å². The van der Waals surface area contributed by atoms with Gasteiger partial charge in [0.05, 0.1) is 6.61 Å². The van der Waals surface area contributed by atoms with Crippen molar-refractivity contribution in [3.05, 3.63) is 65.5 Å². The molecule has 5 nitrogen and oxygen atoms in total. The molecule has 0 radical (unpaired) electrons. The summed E-state index contributed by atoms with van der Waals surface area (Å²) in [5.74, 6) is 2.38. The summed E-state index contributed by atoms with van der Waals surface area (Å²) < 4.78 is 17.1. The molecule has 0 aliphatic rings. The van der Waals surface area contributed by atoms with Gasteiger partial charge in [0, 0.05) is 11.1 Å². The summed E-state index contributed by atoms with van der Waals surface area (Å²) in [6, 6.07) is 14.8. The molecule has 0 unspecified atom stereocenters. The molecule has 128 valence electrons. The first-order chi connectivity index (χ1) is 12.2. The van der Waals surface area contributed by atoms with Gasteiger partial charge < -0.3 is 13.9 Å². The first kappa shape index (κ1) is 16.8. The van der Waals surface area contributed by atoms with Crippen molar-refractivity contribution in [1.82, 2.24) is 4.98 Å². The molecule has 0 N–H and O–H groups in total. The zero-order valence-corrected chi connectivity index (χ0v) is 14.2. The number of aryl methyl sites for hydroxylation is 1. The molecule has 0 amide bonds. The number of hydrogen-bond acceptors (Lipinski definition) is 5. The molecule has 5 heteroatoms. The Hall–Kier alpha value is -3.08. The van der Waals surface area contributed by atoms with Gasteiger partial charge in [0.1, 0.15) is 24.3 Å². The topological polar surface area (TPSA) is 61.6 Å². The third-order valence-corrected chi connectivity index (χ3v) is 3.68. The number of hydrogen-bond donors (Lipinski definition) is 0. The average Bonchev–Trinajstić information content (AvgIpc) is 3.02. The fourth-order valence-corrected chi connectivity index (χ4v) is 2.40. The number of aromatic nitrogens is 1. The van der Waals surface area contributed by atoms with E-state index in [1.807, 2.05) is 44.2 Å². The number of nitrogens with zero attached hydrogens (tertiary/aromatic N) is 1. The zero-order chi connectivity index (χ0) is 17.6. The molecule has 0 aliphatic heterocycles. The molecular formula is C20H19NO4. The van der Waals surface area contributed by atoms with Crippen LogP contribution in [0.1, 0.15) is 28.7 Å². The van der Waals surface area contributed by atoms with Crippen LogP contribution in [0, 0.1) is 6.92 Å². The summed E-state index contributed by atoms with van der Waals surface area (Å²) in [5, 5.41) is 0. The van der Waals surface area contributed by atoms with E-state index < -0.39 is 0 Å². The fourth-order valence-electron chi connectivity index (χ4n) is 2.40. The number of carbonyl (C=O) groups is 1. The van der Waals surface area contributed by atoms with Crippen LogP contribution in [0.25, 0.3) is 11.5 Å². The van der Waals surface area contributed by atoms with Crippen LogP contribution in [-0.4, -0.2) is 17.9 Å². The highest BCUT2D eigenvalue weighted by molar-refractivity contribution is 5.76. The van der Waals surface area contributed by atoms with E-state index in [0.29, 0.717) is 35.3 Å². The SMILES string of the molecule is CCOc1cc(C=O)ccc1OCc1nc(-c2ccccc2)oc1C. The number of oxazole rings is 1. The first-order valence-corrected chi connectivity index (χ1v) is 8.07. The lowest BCUT2D eigenvalue weighted by Crippen LogP contribution is -2.01.